The molecule has 1 heterocycles. The summed E-state index contributed by atoms with van der Waals surface area (Å²) in [5, 5.41) is 2.85. The summed E-state index contributed by atoms with van der Waals surface area (Å²) < 4.78 is 19.3. The monoisotopic (exact) mass is 343 g/mol. The fourth-order valence-electron chi connectivity index (χ4n) is 2.51. The van der Waals surface area contributed by atoms with Crippen LogP contribution >= 0.6 is 15.9 Å². The molecule has 0 unspecified atom stereocenters. The van der Waals surface area contributed by atoms with Crippen LogP contribution in [0.2, 0.25) is 0 Å². The molecule has 20 heavy (non-hydrogen) atoms. The molecule has 1 saturated heterocycles. The van der Waals surface area contributed by atoms with Crippen molar-refractivity contribution in [2.45, 2.75) is 32.3 Å². The van der Waals surface area contributed by atoms with Crippen molar-refractivity contribution in [2.24, 2.45) is 5.92 Å². The highest BCUT2D eigenvalue weighted by Gasteiger charge is 2.19. The molecule has 0 spiro atoms. The molecule has 2 atom stereocenters. The molecule has 110 valence electrons. The van der Waals surface area contributed by atoms with E-state index in [0.29, 0.717) is 28.6 Å². The minimum Gasteiger partial charge on any atom is -0.378 e. The Balaban J connectivity index is 1.81. The first-order chi connectivity index (χ1) is 9.56. The molecule has 1 fully saturated rings. The number of amides is 1. The predicted octanol–water partition coefficient (Wildman–Crippen LogP) is 3.52. The topological polar surface area (TPSA) is 38.3 Å². The van der Waals surface area contributed by atoms with Crippen LogP contribution < -0.4 is 5.32 Å². The van der Waals surface area contributed by atoms with Crippen molar-refractivity contribution in [3.05, 3.63) is 34.1 Å². The fraction of sp³-hybridized carbons (Fsp3) is 0.533. The summed E-state index contributed by atoms with van der Waals surface area (Å²) in [5.74, 6) is -0.0527. The van der Waals surface area contributed by atoms with Gasteiger partial charge >= 0.3 is 0 Å². The first kappa shape index (κ1) is 15.4. The van der Waals surface area contributed by atoms with Gasteiger partial charge in [0, 0.05) is 17.6 Å². The normalized spacial score (nSPS) is 22.6. The van der Waals surface area contributed by atoms with Crippen molar-refractivity contribution < 1.29 is 13.9 Å². The largest absolute Gasteiger partial charge is 0.378 e. The van der Waals surface area contributed by atoms with Crippen molar-refractivity contribution >= 4 is 21.8 Å². The average molecular weight is 344 g/mol. The maximum absolute atomic E-state index is 13.1. The third-order valence-corrected chi connectivity index (χ3v) is 4.30. The van der Waals surface area contributed by atoms with Crippen LogP contribution in [0.3, 0.4) is 0 Å². The van der Waals surface area contributed by atoms with Gasteiger partial charge in [-0.25, -0.2) is 4.39 Å². The quantitative estimate of drug-likeness (QED) is 0.908. The number of hydrogen-bond acceptors (Lipinski definition) is 2. The molecule has 1 aliphatic rings. The standard InChI is InChI=1S/C15H19BrFNO2/c1-10-8-11(5-7-20-10)4-6-18-15(19)13-9-12(17)2-3-14(13)16/h2-3,9-11H,4-8H2,1H3,(H,18,19)/t10-,11+/m1/s1. The van der Waals surface area contributed by atoms with Crippen molar-refractivity contribution in [3.63, 3.8) is 0 Å². The molecule has 0 saturated carbocycles. The van der Waals surface area contributed by atoms with Crippen LogP contribution in [0.4, 0.5) is 4.39 Å². The van der Waals surface area contributed by atoms with Crippen LogP contribution in [-0.2, 0) is 4.74 Å². The maximum Gasteiger partial charge on any atom is 0.252 e. The van der Waals surface area contributed by atoms with Gasteiger partial charge in [-0.2, -0.15) is 0 Å². The Morgan fingerprint density at radius 2 is 2.35 bits per heavy atom. The number of benzene rings is 1. The maximum atomic E-state index is 13.1. The Labute approximate surface area is 127 Å². The molecule has 0 aromatic heterocycles. The third-order valence-electron chi connectivity index (χ3n) is 3.60. The molecule has 1 N–H and O–H groups in total. The summed E-state index contributed by atoms with van der Waals surface area (Å²) in [6, 6.07) is 4.12. The Kier molecular flexibility index (Phi) is 5.54. The van der Waals surface area contributed by atoms with Gasteiger partial charge in [-0.1, -0.05) is 0 Å². The highest BCUT2D eigenvalue weighted by molar-refractivity contribution is 9.10. The van der Waals surface area contributed by atoms with E-state index in [1.807, 2.05) is 0 Å². The third kappa shape index (κ3) is 4.28. The lowest BCUT2D eigenvalue weighted by Gasteiger charge is -2.27. The number of hydrogen-bond donors (Lipinski definition) is 1. The minimum atomic E-state index is -0.406. The van der Waals surface area contributed by atoms with Crippen LogP contribution in [-0.4, -0.2) is 25.2 Å². The number of carbonyl (C=O) groups excluding carboxylic acids is 1. The molecular weight excluding hydrogens is 325 g/mol. The molecule has 1 aromatic carbocycles. The zero-order valence-corrected chi connectivity index (χ0v) is 13.1. The molecule has 0 aliphatic carbocycles. The summed E-state index contributed by atoms with van der Waals surface area (Å²) in [6.07, 6.45) is 3.33. The molecular formula is C15H19BrFNO2. The molecule has 3 nitrogen and oxygen atoms in total. The van der Waals surface area contributed by atoms with Gasteiger partial charge in [0.25, 0.3) is 5.91 Å². The Morgan fingerprint density at radius 1 is 1.55 bits per heavy atom. The van der Waals surface area contributed by atoms with E-state index >= 15 is 0 Å². The number of carbonyl (C=O) groups is 1. The van der Waals surface area contributed by atoms with Crippen LogP contribution in [0.1, 0.15) is 36.5 Å². The van der Waals surface area contributed by atoms with E-state index in [-0.39, 0.29) is 5.91 Å². The van der Waals surface area contributed by atoms with Crippen molar-refractivity contribution in [1.29, 1.82) is 0 Å². The second-order valence-electron chi connectivity index (χ2n) is 5.24. The lowest BCUT2D eigenvalue weighted by molar-refractivity contribution is 0.00109. The van der Waals surface area contributed by atoms with Crippen LogP contribution in [0.25, 0.3) is 0 Å². The minimum absolute atomic E-state index is 0.239. The molecule has 1 aromatic rings. The van der Waals surface area contributed by atoms with Gasteiger partial charge in [-0.3, -0.25) is 4.79 Å². The number of nitrogens with one attached hydrogen (secondary N) is 1. The smallest absolute Gasteiger partial charge is 0.252 e. The zero-order valence-electron chi connectivity index (χ0n) is 11.5. The second-order valence-corrected chi connectivity index (χ2v) is 6.09. The van der Waals surface area contributed by atoms with Crippen molar-refractivity contribution in [1.82, 2.24) is 5.32 Å². The second kappa shape index (κ2) is 7.18. The zero-order chi connectivity index (χ0) is 14.5. The van der Waals surface area contributed by atoms with E-state index in [9.17, 15) is 9.18 Å². The van der Waals surface area contributed by atoms with E-state index in [4.69, 9.17) is 4.74 Å². The summed E-state index contributed by atoms with van der Waals surface area (Å²) in [6.45, 7) is 3.49. The van der Waals surface area contributed by atoms with Gasteiger partial charge in [0.15, 0.2) is 0 Å². The van der Waals surface area contributed by atoms with Gasteiger partial charge in [0.1, 0.15) is 5.82 Å². The van der Waals surface area contributed by atoms with Crippen molar-refractivity contribution in [3.8, 4) is 0 Å². The van der Waals surface area contributed by atoms with E-state index < -0.39 is 5.82 Å². The number of rotatable bonds is 4. The lowest BCUT2D eigenvalue weighted by atomic mass is 9.93. The summed E-state index contributed by atoms with van der Waals surface area (Å²) in [7, 11) is 0. The van der Waals surface area contributed by atoms with Crippen molar-refractivity contribution in [2.75, 3.05) is 13.2 Å². The van der Waals surface area contributed by atoms with Crippen LogP contribution in [0, 0.1) is 11.7 Å². The van der Waals surface area contributed by atoms with E-state index in [1.54, 1.807) is 6.07 Å². The van der Waals surface area contributed by atoms with Gasteiger partial charge in [0.05, 0.1) is 11.7 Å². The molecule has 1 aliphatic heterocycles. The summed E-state index contributed by atoms with van der Waals surface area (Å²) in [5.41, 5.74) is 0.338. The van der Waals surface area contributed by atoms with E-state index in [1.165, 1.54) is 12.1 Å². The highest BCUT2D eigenvalue weighted by atomic mass is 79.9. The van der Waals surface area contributed by atoms with Gasteiger partial charge in [0.2, 0.25) is 0 Å². The predicted molar refractivity (Wildman–Crippen MR) is 79.2 cm³/mol. The number of ether oxygens (including phenoxy) is 1. The van der Waals surface area contributed by atoms with E-state index in [0.717, 1.165) is 25.9 Å². The highest BCUT2D eigenvalue weighted by Crippen LogP contribution is 2.22. The summed E-state index contributed by atoms with van der Waals surface area (Å²) in [4.78, 5) is 12.0. The first-order valence-electron chi connectivity index (χ1n) is 6.91. The van der Waals surface area contributed by atoms with Gasteiger partial charge in [-0.05, 0) is 66.2 Å². The first-order valence-corrected chi connectivity index (χ1v) is 7.70. The van der Waals surface area contributed by atoms with Crippen LogP contribution in [0.5, 0.6) is 0 Å². The molecule has 2 rings (SSSR count). The number of halogens is 2. The fourth-order valence-corrected chi connectivity index (χ4v) is 2.94. The van der Waals surface area contributed by atoms with E-state index in [2.05, 4.69) is 28.2 Å². The Bertz CT molecular complexity index is 481. The Hall–Kier alpha value is -0.940. The molecule has 0 radical (unpaired) electrons. The molecule has 5 heteroatoms. The average Bonchev–Trinajstić information content (AvgIpc) is 2.41. The Morgan fingerprint density at radius 3 is 3.10 bits per heavy atom. The molecule has 1 amide bonds. The molecule has 0 bridgehead atoms. The SMILES string of the molecule is C[C@@H]1C[C@@H](CCNC(=O)c2cc(F)ccc2Br)CCO1. The van der Waals surface area contributed by atoms with Crippen LogP contribution in [0.15, 0.2) is 22.7 Å². The lowest BCUT2D eigenvalue weighted by Crippen LogP contribution is -2.29. The van der Waals surface area contributed by atoms with Gasteiger partial charge < -0.3 is 10.1 Å². The summed E-state index contributed by atoms with van der Waals surface area (Å²) >= 11 is 3.26. The van der Waals surface area contributed by atoms with Gasteiger partial charge in [-0.15, -0.1) is 0 Å².